The van der Waals surface area contributed by atoms with Gasteiger partial charge in [-0.15, -0.1) is 0 Å². The Morgan fingerprint density at radius 3 is 2.56 bits per heavy atom. The van der Waals surface area contributed by atoms with Gasteiger partial charge >= 0.3 is 0 Å². The number of hydrogen-bond donors (Lipinski definition) is 1. The molecule has 0 bridgehead atoms. The summed E-state index contributed by atoms with van der Waals surface area (Å²) in [5, 5.41) is 4.35. The Balaban J connectivity index is 1.31. The molecule has 6 heteroatoms. The maximum absolute atomic E-state index is 12.2. The summed E-state index contributed by atoms with van der Waals surface area (Å²) in [7, 11) is 0. The molecule has 4 aromatic rings. The summed E-state index contributed by atoms with van der Waals surface area (Å²) < 4.78 is 2.24. The van der Waals surface area contributed by atoms with Crippen LogP contribution in [0.2, 0.25) is 10.0 Å². The summed E-state index contributed by atoms with van der Waals surface area (Å²) >= 11 is 12.5. The van der Waals surface area contributed by atoms with Gasteiger partial charge in [0.2, 0.25) is 5.91 Å². The number of carbonyl (C=O) groups excluding carboxylic acids is 1. The van der Waals surface area contributed by atoms with Crippen molar-refractivity contribution in [3.63, 3.8) is 0 Å². The third-order valence-electron chi connectivity index (χ3n) is 6.09. The first kappa shape index (κ1) is 24.3. The fourth-order valence-corrected chi connectivity index (χ4v) is 4.64. The molecule has 0 atom stereocenters. The third-order valence-corrected chi connectivity index (χ3v) is 6.68. The predicted molar refractivity (Wildman–Crippen MR) is 141 cm³/mol. The quantitative estimate of drug-likeness (QED) is 0.247. The number of halogens is 2. The Morgan fingerprint density at radius 1 is 0.941 bits per heavy atom. The lowest BCUT2D eigenvalue weighted by Crippen LogP contribution is -2.26. The van der Waals surface area contributed by atoms with E-state index in [0.29, 0.717) is 29.6 Å². The Labute approximate surface area is 210 Å². The molecular weight excluding hydrogens is 465 g/mol. The number of unbranched alkanes of at least 4 members (excludes halogenated alkanes) is 2. The van der Waals surface area contributed by atoms with Crippen molar-refractivity contribution in [2.45, 2.75) is 45.6 Å². The van der Waals surface area contributed by atoms with Crippen molar-refractivity contribution >= 4 is 40.1 Å². The molecule has 0 saturated heterocycles. The van der Waals surface area contributed by atoms with Gasteiger partial charge in [-0.1, -0.05) is 72.1 Å². The Bertz CT molecular complexity index is 1280. The van der Waals surface area contributed by atoms with Gasteiger partial charge in [-0.3, -0.25) is 4.79 Å². The molecule has 0 aliphatic heterocycles. The molecule has 3 aromatic carbocycles. The van der Waals surface area contributed by atoms with E-state index in [2.05, 4.69) is 16.0 Å². The third kappa shape index (κ3) is 6.19. The number of nitrogens with one attached hydrogen (secondary N) is 1. The molecule has 0 fully saturated rings. The molecule has 176 valence electrons. The van der Waals surface area contributed by atoms with Crippen molar-refractivity contribution in [2.75, 3.05) is 6.54 Å². The van der Waals surface area contributed by atoms with Crippen molar-refractivity contribution in [1.82, 2.24) is 14.9 Å². The molecule has 1 N–H and O–H groups in total. The van der Waals surface area contributed by atoms with E-state index >= 15 is 0 Å². The number of aromatic nitrogens is 2. The van der Waals surface area contributed by atoms with E-state index in [1.54, 1.807) is 6.07 Å². The Hall–Kier alpha value is -2.82. The Kier molecular flexibility index (Phi) is 8.25. The van der Waals surface area contributed by atoms with Gasteiger partial charge in [-0.25, -0.2) is 4.98 Å². The largest absolute Gasteiger partial charge is 0.356 e. The molecule has 4 rings (SSSR count). The highest BCUT2D eigenvalue weighted by Crippen LogP contribution is 2.25. The van der Waals surface area contributed by atoms with Crippen LogP contribution in [-0.2, 0) is 24.2 Å². The van der Waals surface area contributed by atoms with Crippen molar-refractivity contribution in [2.24, 2.45) is 0 Å². The van der Waals surface area contributed by atoms with E-state index in [4.69, 9.17) is 28.2 Å². The van der Waals surface area contributed by atoms with Gasteiger partial charge in [0.1, 0.15) is 5.82 Å². The Morgan fingerprint density at radius 2 is 1.74 bits per heavy atom. The zero-order valence-corrected chi connectivity index (χ0v) is 20.9. The number of imidazole rings is 1. The van der Waals surface area contributed by atoms with Crippen molar-refractivity contribution < 1.29 is 4.79 Å². The van der Waals surface area contributed by atoms with E-state index in [9.17, 15) is 4.79 Å². The molecule has 1 amide bonds. The molecule has 0 radical (unpaired) electrons. The van der Waals surface area contributed by atoms with Crippen LogP contribution in [0.25, 0.3) is 11.0 Å². The first-order valence-electron chi connectivity index (χ1n) is 11.7. The summed E-state index contributed by atoms with van der Waals surface area (Å²) in [6.07, 6.45) is 4.28. The minimum atomic E-state index is 0.0796. The number of fused-ring (bicyclic) bond motifs is 1. The van der Waals surface area contributed by atoms with Crippen LogP contribution in [0.5, 0.6) is 0 Å². The molecule has 0 unspecified atom stereocenters. The highest BCUT2D eigenvalue weighted by molar-refractivity contribution is 6.35. The van der Waals surface area contributed by atoms with Gasteiger partial charge in [0.15, 0.2) is 0 Å². The van der Waals surface area contributed by atoms with Crippen molar-refractivity contribution in [3.05, 3.63) is 99.3 Å². The van der Waals surface area contributed by atoms with Gasteiger partial charge in [-0.05, 0) is 60.7 Å². The van der Waals surface area contributed by atoms with Crippen LogP contribution in [0.15, 0.2) is 66.7 Å². The fourth-order valence-electron chi connectivity index (χ4n) is 4.17. The summed E-state index contributed by atoms with van der Waals surface area (Å²) in [5.41, 5.74) is 5.35. The summed E-state index contributed by atoms with van der Waals surface area (Å²) in [5.74, 6) is 1.13. The molecular formula is C28H29Cl2N3O. The predicted octanol–water partition coefficient (Wildman–Crippen LogP) is 6.77. The second kappa shape index (κ2) is 11.5. The van der Waals surface area contributed by atoms with Gasteiger partial charge in [0.05, 0.1) is 24.0 Å². The number of aryl methyl sites for hydroxylation is 2. The first-order chi connectivity index (χ1) is 16.5. The highest BCUT2D eigenvalue weighted by Gasteiger charge is 2.12. The lowest BCUT2D eigenvalue weighted by atomic mass is 10.1. The van der Waals surface area contributed by atoms with Crippen molar-refractivity contribution in [3.8, 4) is 0 Å². The molecule has 0 saturated carbocycles. The summed E-state index contributed by atoms with van der Waals surface area (Å²) in [4.78, 5) is 17.1. The van der Waals surface area contributed by atoms with E-state index in [1.807, 2.05) is 61.5 Å². The standard InChI is InChI=1S/C28H29Cl2N3O/c1-20-9-4-5-10-21(20)17-28(34)31-16-8-2-3-13-27-32-25-11-6-7-12-26(25)33(27)19-22-14-15-23(29)18-24(22)30/h4-7,9-12,14-15,18H,2-3,8,13,16-17,19H2,1H3,(H,31,34). The van der Waals surface area contributed by atoms with E-state index < -0.39 is 0 Å². The zero-order chi connectivity index (χ0) is 23.9. The number of nitrogens with zero attached hydrogens (tertiary/aromatic N) is 2. The molecule has 1 heterocycles. The smallest absolute Gasteiger partial charge is 0.224 e. The molecule has 0 aliphatic rings. The van der Waals surface area contributed by atoms with Gasteiger partial charge in [0.25, 0.3) is 0 Å². The van der Waals surface area contributed by atoms with Crippen LogP contribution in [0.1, 0.15) is 41.8 Å². The zero-order valence-electron chi connectivity index (χ0n) is 19.4. The van der Waals surface area contributed by atoms with Crippen LogP contribution in [0.4, 0.5) is 0 Å². The SMILES string of the molecule is Cc1ccccc1CC(=O)NCCCCCc1nc2ccccc2n1Cc1ccc(Cl)cc1Cl. The lowest BCUT2D eigenvalue weighted by Gasteiger charge is -2.11. The summed E-state index contributed by atoms with van der Waals surface area (Å²) in [6.45, 7) is 3.39. The van der Waals surface area contributed by atoms with Crippen LogP contribution in [0, 0.1) is 6.92 Å². The lowest BCUT2D eigenvalue weighted by molar-refractivity contribution is -0.120. The molecule has 1 aromatic heterocycles. The summed E-state index contributed by atoms with van der Waals surface area (Å²) in [6, 6.07) is 21.8. The van der Waals surface area contributed by atoms with Crippen LogP contribution >= 0.6 is 23.2 Å². The van der Waals surface area contributed by atoms with E-state index in [-0.39, 0.29) is 5.91 Å². The minimum Gasteiger partial charge on any atom is -0.356 e. The second-order valence-corrected chi connectivity index (χ2v) is 9.45. The number of carbonyl (C=O) groups is 1. The van der Waals surface area contributed by atoms with E-state index in [1.165, 1.54) is 0 Å². The number of benzene rings is 3. The van der Waals surface area contributed by atoms with Gasteiger partial charge < -0.3 is 9.88 Å². The van der Waals surface area contributed by atoms with Crippen molar-refractivity contribution in [1.29, 1.82) is 0 Å². The van der Waals surface area contributed by atoms with Gasteiger partial charge in [0, 0.05) is 23.0 Å². The topological polar surface area (TPSA) is 46.9 Å². The monoisotopic (exact) mass is 493 g/mol. The minimum absolute atomic E-state index is 0.0796. The van der Waals surface area contributed by atoms with Crippen LogP contribution in [0.3, 0.4) is 0 Å². The maximum Gasteiger partial charge on any atom is 0.224 e. The number of hydrogen-bond acceptors (Lipinski definition) is 2. The normalized spacial score (nSPS) is 11.1. The molecule has 0 aliphatic carbocycles. The van der Waals surface area contributed by atoms with Gasteiger partial charge in [-0.2, -0.15) is 0 Å². The molecule has 34 heavy (non-hydrogen) atoms. The highest BCUT2D eigenvalue weighted by atomic mass is 35.5. The van der Waals surface area contributed by atoms with Crippen LogP contribution in [-0.4, -0.2) is 22.0 Å². The maximum atomic E-state index is 12.2. The fraction of sp³-hybridized carbons (Fsp3) is 0.286. The number of rotatable bonds is 10. The van der Waals surface area contributed by atoms with Crippen LogP contribution < -0.4 is 5.32 Å². The first-order valence-corrected chi connectivity index (χ1v) is 12.5. The second-order valence-electron chi connectivity index (χ2n) is 8.60. The molecule has 0 spiro atoms. The number of para-hydroxylation sites is 2. The average Bonchev–Trinajstić information content (AvgIpc) is 3.16. The average molecular weight is 494 g/mol. The molecule has 4 nitrogen and oxygen atoms in total. The number of amides is 1. The van der Waals surface area contributed by atoms with E-state index in [0.717, 1.165) is 59.2 Å².